The number of carbonyl (C=O) groups excluding carboxylic acids is 1. The molecule has 0 aliphatic carbocycles. The van der Waals surface area contributed by atoms with E-state index in [0.29, 0.717) is 36.0 Å². The van der Waals surface area contributed by atoms with Gasteiger partial charge in [-0.2, -0.15) is 5.10 Å². The fourth-order valence-electron chi connectivity index (χ4n) is 2.71. The second-order valence-electron chi connectivity index (χ2n) is 5.98. The SMILES string of the molecule is O=C(CCc1ccc(Cl)cc1Cl)NCc1ccccc1Cn1cccn1. The maximum absolute atomic E-state index is 12.2. The minimum atomic E-state index is -0.00934. The van der Waals surface area contributed by atoms with Gasteiger partial charge in [0.05, 0.1) is 6.54 Å². The smallest absolute Gasteiger partial charge is 0.220 e. The molecule has 0 unspecified atom stereocenters. The number of rotatable bonds is 7. The summed E-state index contributed by atoms with van der Waals surface area (Å²) in [5.74, 6) is -0.00934. The summed E-state index contributed by atoms with van der Waals surface area (Å²) >= 11 is 12.0. The highest BCUT2D eigenvalue weighted by Crippen LogP contribution is 2.22. The molecule has 0 spiro atoms. The monoisotopic (exact) mass is 387 g/mol. The van der Waals surface area contributed by atoms with E-state index in [1.54, 1.807) is 18.3 Å². The lowest BCUT2D eigenvalue weighted by atomic mass is 10.1. The second kappa shape index (κ2) is 8.88. The van der Waals surface area contributed by atoms with Crippen molar-refractivity contribution < 1.29 is 4.79 Å². The lowest BCUT2D eigenvalue weighted by Crippen LogP contribution is -2.24. The van der Waals surface area contributed by atoms with Crippen LogP contribution in [0.3, 0.4) is 0 Å². The third-order valence-electron chi connectivity index (χ3n) is 4.12. The number of amides is 1. The Kier molecular flexibility index (Phi) is 6.31. The lowest BCUT2D eigenvalue weighted by molar-refractivity contribution is -0.121. The summed E-state index contributed by atoms with van der Waals surface area (Å²) in [5.41, 5.74) is 3.14. The van der Waals surface area contributed by atoms with Crippen molar-refractivity contribution in [1.82, 2.24) is 15.1 Å². The molecule has 1 aromatic heterocycles. The predicted molar refractivity (Wildman–Crippen MR) is 104 cm³/mol. The van der Waals surface area contributed by atoms with Gasteiger partial charge in [0.2, 0.25) is 5.91 Å². The molecule has 0 fully saturated rings. The Labute approximate surface area is 162 Å². The fourth-order valence-corrected chi connectivity index (χ4v) is 3.21. The number of benzene rings is 2. The van der Waals surface area contributed by atoms with Crippen LogP contribution in [0.2, 0.25) is 10.0 Å². The molecule has 0 radical (unpaired) electrons. The zero-order valence-electron chi connectivity index (χ0n) is 14.2. The van der Waals surface area contributed by atoms with E-state index < -0.39 is 0 Å². The number of nitrogens with one attached hydrogen (secondary N) is 1. The third-order valence-corrected chi connectivity index (χ3v) is 4.71. The molecule has 26 heavy (non-hydrogen) atoms. The standard InChI is InChI=1S/C20H19Cl2N3O/c21-18-8-6-15(19(22)12-18)7-9-20(26)23-13-16-4-1-2-5-17(16)14-25-11-3-10-24-25/h1-6,8,10-12H,7,9,13-14H2,(H,23,26). The molecule has 1 N–H and O–H groups in total. The van der Waals surface area contributed by atoms with Gasteiger partial charge in [-0.05, 0) is 41.3 Å². The summed E-state index contributed by atoms with van der Waals surface area (Å²) in [6, 6.07) is 15.3. The second-order valence-corrected chi connectivity index (χ2v) is 6.83. The van der Waals surface area contributed by atoms with Gasteiger partial charge in [-0.3, -0.25) is 9.48 Å². The van der Waals surface area contributed by atoms with Crippen LogP contribution in [0.4, 0.5) is 0 Å². The number of nitrogens with zero attached hydrogens (tertiary/aromatic N) is 2. The summed E-state index contributed by atoms with van der Waals surface area (Å²) in [4.78, 5) is 12.2. The molecule has 6 heteroatoms. The minimum Gasteiger partial charge on any atom is -0.352 e. The van der Waals surface area contributed by atoms with Gasteiger partial charge in [-0.15, -0.1) is 0 Å². The predicted octanol–water partition coefficient (Wildman–Crippen LogP) is 4.49. The molecular formula is C20H19Cl2N3O. The van der Waals surface area contributed by atoms with Crippen molar-refractivity contribution in [1.29, 1.82) is 0 Å². The molecule has 3 rings (SSSR count). The van der Waals surface area contributed by atoms with Crippen LogP contribution in [0.1, 0.15) is 23.1 Å². The van der Waals surface area contributed by atoms with E-state index in [1.807, 2.05) is 41.2 Å². The van der Waals surface area contributed by atoms with Crippen LogP contribution in [0.25, 0.3) is 0 Å². The van der Waals surface area contributed by atoms with E-state index in [4.69, 9.17) is 23.2 Å². The quantitative estimate of drug-likeness (QED) is 0.649. The van der Waals surface area contributed by atoms with E-state index >= 15 is 0 Å². The lowest BCUT2D eigenvalue weighted by Gasteiger charge is -2.11. The summed E-state index contributed by atoms with van der Waals surface area (Å²) < 4.78 is 1.86. The van der Waals surface area contributed by atoms with Crippen molar-refractivity contribution in [2.75, 3.05) is 0 Å². The van der Waals surface area contributed by atoms with Crippen LogP contribution >= 0.6 is 23.2 Å². The van der Waals surface area contributed by atoms with E-state index in [0.717, 1.165) is 16.7 Å². The topological polar surface area (TPSA) is 46.9 Å². The Balaban J connectivity index is 1.54. The maximum atomic E-state index is 12.2. The highest BCUT2D eigenvalue weighted by Gasteiger charge is 2.08. The zero-order chi connectivity index (χ0) is 18.4. The van der Waals surface area contributed by atoms with Gasteiger partial charge in [0.15, 0.2) is 0 Å². The number of carbonyl (C=O) groups is 1. The Morgan fingerprint density at radius 2 is 1.85 bits per heavy atom. The van der Waals surface area contributed by atoms with Crippen LogP contribution in [0.5, 0.6) is 0 Å². The van der Waals surface area contributed by atoms with Gasteiger partial charge in [0.1, 0.15) is 0 Å². The first-order valence-corrected chi connectivity index (χ1v) is 9.12. The molecule has 0 saturated carbocycles. The van der Waals surface area contributed by atoms with Crippen molar-refractivity contribution in [2.45, 2.75) is 25.9 Å². The fraction of sp³-hybridized carbons (Fsp3) is 0.200. The van der Waals surface area contributed by atoms with Gasteiger partial charge in [0.25, 0.3) is 0 Å². The molecular weight excluding hydrogens is 369 g/mol. The summed E-state index contributed by atoms with van der Waals surface area (Å²) in [6.07, 6.45) is 4.64. The molecule has 1 amide bonds. The molecule has 134 valence electrons. The summed E-state index contributed by atoms with van der Waals surface area (Å²) in [5, 5.41) is 8.40. The van der Waals surface area contributed by atoms with Crippen LogP contribution in [-0.2, 0) is 24.3 Å². The zero-order valence-corrected chi connectivity index (χ0v) is 15.7. The third kappa shape index (κ3) is 5.10. The first-order chi connectivity index (χ1) is 12.6. The molecule has 2 aromatic carbocycles. The largest absolute Gasteiger partial charge is 0.352 e. The van der Waals surface area contributed by atoms with Gasteiger partial charge < -0.3 is 5.32 Å². The highest BCUT2D eigenvalue weighted by molar-refractivity contribution is 6.35. The first-order valence-electron chi connectivity index (χ1n) is 8.36. The maximum Gasteiger partial charge on any atom is 0.220 e. The van der Waals surface area contributed by atoms with Crippen molar-refractivity contribution >= 4 is 29.1 Å². The van der Waals surface area contributed by atoms with Gasteiger partial charge in [-0.25, -0.2) is 0 Å². The Bertz CT molecular complexity index is 879. The Hall–Kier alpha value is -2.30. The first kappa shape index (κ1) is 18.5. The molecule has 0 bridgehead atoms. The molecule has 0 aliphatic heterocycles. The number of hydrogen-bond donors (Lipinski definition) is 1. The van der Waals surface area contributed by atoms with Crippen molar-refractivity contribution in [2.24, 2.45) is 0 Å². The Morgan fingerprint density at radius 1 is 1.04 bits per heavy atom. The minimum absolute atomic E-state index is 0.00934. The number of aromatic nitrogens is 2. The van der Waals surface area contributed by atoms with Crippen LogP contribution in [0.15, 0.2) is 60.9 Å². The molecule has 3 aromatic rings. The van der Waals surface area contributed by atoms with Crippen molar-refractivity contribution in [3.63, 3.8) is 0 Å². The molecule has 0 aliphatic rings. The van der Waals surface area contributed by atoms with Gasteiger partial charge in [0, 0.05) is 35.4 Å². The number of hydrogen-bond acceptors (Lipinski definition) is 2. The highest BCUT2D eigenvalue weighted by atomic mass is 35.5. The number of aryl methyl sites for hydroxylation is 1. The summed E-state index contributed by atoms with van der Waals surface area (Å²) in [7, 11) is 0. The molecule has 0 atom stereocenters. The van der Waals surface area contributed by atoms with E-state index in [-0.39, 0.29) is 5.91 Å². The average molecular weight is 388 g/mol. The Morgan fingerprint density at radius 3 is 2.58 bits per heavy atom. The van der Waals surface area contributed by atoms with Gasteiger partial charge in [-0.1, -0.05) is 53.5 Å². The number of halogens is 2. The molecule has 0 saturated heterocycles. The van der Waals surface area contributed by atoms with Crippen LogP contribution in [0, 0.1) is 0 Å². The van der Waals surface area contributed by atoms with Crippen LogP contribution in [-0.4, -0.2) is 15.7 Å². The average Bonchev–Trinajstić information content (AvgIpc) is 3.13. The van der Waals surface area contributed by atoms with Crippen molar-refractivity contribution in [3.8, 4) is 0 Å². The van der Waals surface area contributed by atoms with Crippen molar-refractivity contribution in [3.05, 3.63) is 87.7 Å². The molecule has 4 nitrogen and oxygen atoms in total. The van der Waals surface area contributed by atoms with Crippen LogP contribution < -0.4 is 5.32 Å². The van der Waals surface area contributed by atoms with E-state index in [1.165, 1.54) is 0 Å². The van der Waals surface area contributed by atoms with E-state index in [9.17, 15) is 4.79 Å². The van der Waals surface area contributed by atoms with Gasteiger partial charge >= 0.3 is 0 Å². The van der Waals surface area contributed by atoms with E-state index in [2.05, 4.69) is 16.5 Å². The molecule has 1 heterocycles. The summed E-state index contributed by atoms with van der Waals surface area (Å²) in [6.45, 7) is 1.17. The normalized spacial score (nSPS) is 10.7.